The third kappa shape index (κ3) is 2.13. The summed E-state index contributed by atoms with van der Waals surface area (Å²) in [5, 5.41) is 19.7. The van der Waals surface area contributed by atoms with Crippen LogP contribution in [0.15, 0.2) is 4.52 Å². The molecule has 0 aromatic carbocycles. The predicted octanol–water partition coefficient (Wildman–Crippen LogP) is -0.825. The number of hydrogen-bond acceptors (Lipinski definition) is 7. The Morgan fingerprint density at radius 3 is 2.88 bits per heavy atom. The van der Waals surface area contributed by atoms with Crippen LogP contribution >= 0.6 is 0 Å². The van der Waals surface area contributed by atoms with E-state index in [0.717, 1.165) is 0 Å². The molecule has 0 atom stereocenters. The fourth-order valence-electron chi connectivity index (χ4n) is 1.36. The Bertz CT molecular complexity index is 545. The molecule has 0 aliphatic carbocycles. The molecule has 2 heterocycles. The summed E-state index contributed by atoms with van der Waals surface area (Å²) < 4.78 is 6.23. The molecule has 0 fully saturated rings. The number of hydrogen-bond donors (Lipinski definition) is 2. The largest absolute Gasteiger partial charge is 0.476 e. The second-order valence-electron chi connectivity index (χ2n) is 3.29. The summed E-state index contributed by atoms with van der Waals surface area (Å²) in [6.45, 7) is 1.84. The summed E-state index contributed by atoms with van der Waals surface area (Å²) in [6, 6.07) is 0. The van der Waals surface area contributed by atoms with Crippen LogP contribution in [0.4, 0.5) is 0 Å². The van der Waals surface area contributed by atoms with Gasteiger partial charge in [0.2, 0.25) is 5.89 Å². The van der Waals surface area contributed by atoms with Crippen LogP contribution in [0.5, 0.6) is 0 Å². The second-order valence-corrected chi connectivity index (χ2v) is 3.29. The van der Waals surface area contributed by atoms with Crippen molar-refractivity contribution in [3.8, 4) is 0 Å². The van der Waals surface area contributed by atoms with Gasteiger partial charge in [0, 0.05) is 6.54 Å². The minimum absolute atomic E-state index is 0.0156. The molecule has 17 heavy (non-hydrogen) atoms. The molecule has 0 unspecified atom stereocenters. The molecule has 0 saturated carbocycles. The number of aromatic carboxylic acids is 1. The molecule has 0 aliphatic rings. The lowest BCUT2D eigenvalue weighted by Crippen LogP contribution is -2.13. The lowest BCUT2D eigenvalue weighted by atomic mass is 10.3. The zero-order valence-electron chi connectivity index (χ0n) is 8.99. The van der Waals surface area contributed by atoms with Crippen molar-refractivity contribution >= 4 is 5.97 Å². The zero-order valence-corrected chi connectivity index (χ0v) is 8.99. The Morgan fingerprint density at radius 2 is 2.35 bits per heavy atom. The molecular formula is C8H10N6O3. The average molecular weight is 238 g/mol. The maximum absolute atomic E-state index is 10.8. The molecule has 0 bridgehead atoms. The number of aromatic nitrogens is 5. The Balaban J connectivity index is 2.30. The smallest absolute Gasteiger partial charge is 0.358 e. The first-order valence-corrected chi connectivity index (χ1v) is 4.76. The Hall–Kier alpha value is -2.29. The lowest BCUT2D eigenvalue weighted by Gasteiger charge is -2.00. The van der Waals surface area contributed by atoms with Gasteiger partial charge in [-0.1, -0.05) is 10.4 Å². The topological polar surface area (TPSA) is 133 Å². The van der Waals surface area contributed by atoms with Gasteiger partial charge in [-0.05, 0) is 6.92 Å². The highest BCUT2D eigenvalue weighted by Crippen LogP contribution is 2.07. The molecule has 9 heteroatoms. The molecule has 3 N–H and O–H groups in total. The minimum Gasteiger partial charge on any atom is -0.476 e. The van der Waals surface area contributed by atoms with E-state index in [-0.39, 0.29) is 18.8 Å². The quantitative estimate of drug-likeness (QED) is 0.705. The van der Waals surface area contributed by atoms with Crippen LogP contribution in [0.2, 0.25) is 0 Å². The van der Waals surface area contributed by atoms with Crippen LogP contribution in [-0.4, -0.2) is 36.2 Å². The van der Waals surface area contributed by atoms with Gasteiger partial charge in [-0.15, -0.1) is 5.10 Å². The van der Waals surface area contributed by atoms with Gasteiger partial charge in [0.25, 0.3) is 0 Å². The Kier molecular flexibility index (Phi) is 2.83. The van der Waals surface area contributed by atoms with Crippen molar-refractivity contribution in [2.45, 2.75) is 20.0 Å². The second kappa shape index (κ2) is 4.29. The van der Waals surface area contributed by atoms with E-state index in [9.17, 15) is 4.79 Å². The number of aryl methyl sites for hydroxylation is 1. The highest BCUT2D eigenvalue weighted by molar-refractivity contribution is 5.86. The van der Waals surface area contributed by atoms with Crippen LogP contribution in [0.1, 0.15) is 27.9 Å². The number of carboxylic acid groups (broad SMARTS) is 1. The monoisotopic (exact) mass is 238 g/mol. The highest BCUT2D eigenvalue weighted by Gasteiger charge is 2.18. The highest BCUT2D eigenvalue weighted by atomic mass is 16.5. The molecule has 0 spiro atoms. The van der Waals surface area contributed by atoms with Crippen LogP contribution in [0.25, 0.3) is 0 Å². The normalized spacial score (nSPS) is 10.7. The first-order chi connectivity index (χ1) is 8.11. The van der Waals surface area contributed by atoms with Gasteiger partial charge in [-0.2, -0.15) is 4.98 Å². The van der Waals surface area contributed by atoms with E-state index in [0.29, 0.717) is 17.4 Å². The van der Waals surface area contributed by atoms with Crippen molar-refractivity contribution in [3.05, 3.63) is 23.1 Å². The molecule has 0 amide bonds. The van der Waals surface area contributed by atoms with E-state index < -0.39 is 5.97 Å². The maximum Gasteiger partial charge on any atom is 0.358 e. The fraction of sp³-hybridized carbons (Fsp3) is 0.375. The molecule has 2 aromatic rings. The summed E-state index contributed by atoms with van der Waals surface area (Å²) >= 11 is 0. The lowest BCUT2D eigenvalue weighted by molar-refractivity contribution is 0.0689. The number of nitrogens with two attached hydrogens (primary N) is 1. The van der Waals surface area contributed by atoms with Crippen molar-refractivity contribution in [1.29, 1.82) is 0 Å². The van der Waals surface area contributed by atoms with E-state index in [1.54, 1.807) is 6.92 Å². The summed E-state index contributed by atoms with van der Waals surface area (Å²) in [5.41, 5.74) is 5.61. The molecule has 2 aromatic heterocycles. The minimum atomic E-state index is -1.17. The van der Waals surface area contributed by atoms with Gasteiger partial charge in [-0.3, -0.25) is 0 Å². The summed E-state index contributed by atoms with van der Waals surface area (Å²) in [6.07, 6.45) is 0. The van der Waals surface area contributed by atoms with Crippen molar-refractivity contribution in [2.24, 2.45) is 5.73 Å². The molecule has 90 valence electrons. The van der Waals surface area contributed by atoms with Crippen LogP contribution in [-0.2, 0) is 13.1 Å². The first-order valence-electron chi connectivity index (χ1n) is 4.76. The van der Waals surface area contributed by atoms with E-state index in [4.69, 9.17) is 15.4 Å². The maximum atomic E-state index is 10.8. The molecule has 2 rings (SSSR count). The van der Waals surface area contributed by atoms with Gasteiger partial charge in [-0.25, -0.2) is 9.48 Å². The van der Waals surface area contributed by atoms with Gasteiger partial charge in [0.1, 0.15) is 6.54 Å². The summed E-state index contributed by atoms with van der Waals surface area (Å²) in [4.78, 5) is 14.8. The van der Waals surface area contributed by atoms with Crippen molar-refractivity contribution in [1.82, 2.24) is 25.1 Å². The average Bonchev–Trinajstić information content (AvgIpc) is 2.85. The molecular weight excluding hydrogens is 228 g/mol. The zero-order chi connectivity index (χ0) is 12.4. The van der Waals surface area contributed by atoms with Gasteiger partial charge in [0.15, 0.2) is 11.5 Å². The molecule has 0 aliphatic heterocycles. The van der Waals surface area contributed by atoms with Gasteiger partial charge >= 0.3 is 5.97 Å². The third-order valence-corrected chi connectivity index (χ3v) is 2.09. The number of nitrogens with zero attached hydrogens (tertiary/aromatic N) is 5. The van der Waals surface area contributed by atoms with Crippen molar-refractivity contribution in [3.63, 3.8) is 0 Å². The van der Waals surface area contributed by atoms with Crippen LogP contribution in [0, 0.1) is 6.92 Å². The van der Waals surface area contributed by atoms with Gasteiger partial charge < -0.3 is 15.4 Å². The summed E-state index contributed by atoms with van der Waals surface area (Å²) in [7, 11) is 0. The van der Waals surface area contributed by atoms with Crippen molar-refractivity contribution < 1.29 is 14.4 Å². The number of carbonyl (C=O) groups is 1. The number of rotatable bonds is 4. The van der Waals surface area contributed by atoms with Gasteiger partial charge in [0.05, 0.1) is 5.69 Å². The van der Waals surface area contributed by atoms with Crippen LogP contribution < -0.4 is 5.73 Å². The summed E-state index contributed by atoms with van der Waals surface area (Å²) in [5.74, 6) is -0.356. The standard InChI is InChI=1S/C8H10N6O3/c1-4-10-6(17-12-4)3-14-5(2-9)7(8(15)16)11-13-14/h2-3,9H2,1H3,(H,15,16). The Morgan fingerprint density at radius 1 is 1.59 bits per heavy atom. The van der Waals surface area contributed by atoms with Crippen molar-refractivity contribution in [2.75, 3.05) is 0 Å². The third-order valence-electron chi connectivity index (χ3n) is 2.09. The van der Waals surface area contributed by atoms with E-state index in [1.165, 1.54) is 4.68 Å². The number of carboxylic acids is 1. The van der Waals surface area contributed by atoms with E-state index in [1.807, 2.05) is 0 Å². The SMILES string of the molecule is Cc1noc(Cn2nnc(C(=O)O)c2CN)n1. The van der Waals surface area contributed by atoms with Crippen LogP contribution in [0.3, 0.4) is 0 Å². The fourth-order valence-corrected chi connectivity index (χ4v) is 1.36. The van der Waals surface area contributed by atoms with E-state index in [2.05, 4.69) is 20.5 Å². The van der Waals surface area contributed by atoms with E-state index >= 15 is 0 Å². The molecule has 0 radical (unpaired) electrons. The molecule has 0 saturated heterocycles. The Labute approximate surface area is 95.2 Å². The predicted molar refractivity (Wildman–Crippen MR) is 53.0 cm³/mol. The first kappa shape index (κ1) is 11.2. The molecule has 9 nitrogen and oxygen atoms in total.